The summed E-state index contributed by atoms with van der Waals surface area (Å²) in [6.45, 7) is 0.393. The minimum atomic E-state index is -3.87. The monoisotopic (exact) mass is 499 g/mol. The van der Waals surface area contributed by atoms with Crippen LogP contribution in [0.3, 0.4) is 0 Å². The molecule has 1 aliphatic rings. The molecule has 0 radical (unpaired) electrons. The molecule has 2 aromatic carbocycles. The molecule has 2 heterocycles. The highest BCUT2D eigenvalue weighted by molar-refractivity contribution is 7.89. The van der Waals surface area contributed by atoms with Gasteiger partial charge in [-0.15, -0.1) is 11.3 Å². The first kappa shape index (κ1) is 23.9. The number of nitrogens with zero attached hydrogens (tertiary/aromatic N) is 2. The van der Waals surface area contributed by atoms with E-state index in [0.29, 0.717) is 24.4 Å². The highest BCUT2D eigenvalue weighted by Crippen LogP contribution is 2.30. The number of carbonyl (C=O) groups excluding carboxylic acids is 2. The number of carbonyl (C=O) groups is 2. The lowest BCUT2D eigenvalue weighted by atomic mass is 10.0. The Balaban J connectivity index is 1.45. The highest BCUT2D eigenvalue weighted by atomic mass is 32.2. The lowest BCUT2D eigenvalue weighted by Gasteiger charge is -2.28. The third kappa shape index (κ3) is 4.98. The Kier molecular flexibility index (Phi) is 7.01. The Bertz CT molecular complexity index is 1300. The first-order chi connectivity index (χ1) is 16.3. The maximum Gasteiger partial charge on any atom is 0.265 e. The van der Waals surface area contributed by atoms with E-state index < -0.39 is 21.8 Å². The number of benzene rings is 2. The fraction of sp³-hybridized carbons (Fsp3) is 0.250. The molecule has 0 spiro atoms. The summed E-state index contributed by atoms with van der Waals surface area (Å²) in [5.41, 5.74) is 2.67. The van der Waals surface area contributed by atoms with Gasteiger partial charge in [-0.1, -0.05) is 24.3 Å². The Morgan fingerprint density at radius 1 is 1.09 bits per heavy atom. The summed E-state index contributed by atoms with van der Waals surface area (Å²) in [5.74, 6) is -0.251. The summed E-state index contributed by atoms with van der Waals surface area (Å²) in [4.78, 5) is 26.8. The quantitative estimate of drug-likeness (QED) is 0.539. The van der Waals surface area contributed by atoms with E-state index in [1.54, 1.807) is 36.8 Å². The van der Waals surface area contributed by atoms with E-state index in [2.05, 4.69) is 5.32 Å². The van der Waals surface area contributed by atoms with Crippen LogP contribution in [0.25, 0.3) is 0 Å². The second-order valence-corrected chi connectivity index (χ2v) is 10.7. The molecule has 4 rings (SSSR count). The topological polar surface area (TPSA) is 96.0 Å². The molecule has 0 fully saturated rings. The second-order valence-electron chi connectivity index (χ2n) is 7.91. The maximum absolute atomic E-state index is 13.4. The van der Waals surface area contributed by atoms with Gasteiger partial charge >= 0.3 is 0 Å². The molecule has 0 unspecified atom stereocenters. The SMILES string of the molecule is COc1ccc(NC(=O)CN(C)C(=O)c2sccc2S(=O)(=O)N2CCc3ccccc3C2)cc1. The van der Waals surface area contributed by atoms with Crippen LogP contribution >= 0.6 is 11.3 Å². The van der Waals surface area contributed by atoms with Crippen LogP contribution in [0.4, 0.5) is 5.69 Å². The Morgan fingerprint density at radius 3 is 2.50 bits per heavy atom. The zero-order valence-corrected chi connectivity index (χ0v) is 20.5. The fourth-order valence-electron chi connectivity index (χ4n) is 3.81. The molecule has 1 N–H and O–H groups in total. The van der Waals surface area contributed by atoms with Crippen molar-refractivity contribution in [1.82, 2.24) is 9.21 Å². The van der Waals surface area contributed by atoms with Gasteiger partial charge in [-0.25, -0.2) is 8.42 Å². The Labute approximate surface area is 202 Å². The largest absolute Gasteiger partial charge is 0.497 e. The number of hydrogen-bond donors (Lipinski definition) is 1. The molecular formula is C24H25N3O5S2. The van der Waals surface area contributed by atoms with Crippen LogP contribution in [0, 0.1) is 0 Å². The van der Waals surface area contributed by atoms with Crippen LogP contribution in [-0.4, -0.2) is 56.7 Å². The molecule has 34 heavy (non-hydrogen) atoms. The van der Waals surface area contributed by atoms with Crippen LogP contribution in [0.5, 0.6) is 5.75 Å². The molecule has 0 saturated heterocycles. The van der Waals surface area contributed by atoms with E-state index >= 15 is 0 Å². The molecule has 8 nitrogen and oxygen atoms in total. The Hall–Kier alpha value is -3.21. The van der Waals surface area contributed by atoms with Crippen LogP contribution in [-0.2, 0) is 27.8 Å². The van der Waals surface area contributed by atoms with Gasteiger partial charge in [0, 0.05) is 25.8 Å². The molecule has 0 aliphatic carbocycles. The van der Waals surface area contributed by atoms with Crippen molar-refractivity contribution in [2.24, 2.45) is 0 Å². The van der Waals surface area contributed by atoms with Gasteiger partial charge in [0.1, 0.15) is 15.5 Å². The number of ether oxygens (including phenoxy) is 1. The van der Waals surface area contributed by atoms with Gasteiger partial charge in [0.2, 0.25) is 15.9 Å². The van der Waals surface area contributed by atoms with Gasteiger partial charge in [0.05, 0.1) is 13.7 Å². The summed E-state index contributed by atoms with van der Waals surface area (Å²) >= 11 is 1.05. The van der Waals surface area contributed by atoms with E-state index in [1.807, 2.05) is 24.3 Å². The summed E-state index contributed by atoms with van der Waals surface area (Å²) in [5, 5.41) is 4.31. The molecule has 178 valence electrons. The van der Waals surface area contributed by atoms with Gasteiger partial charge < -0.3 is 15.0 Å². The van der Waals surface area contributed by atoms with Gasteiger partial charge in [-0.2, -0.15) is 4.31 Å². The number of nitrogens with one attached hydrogen (secondary N) is 1. The number of methoxy groups -OCH3 is 1. The molecule has 10 heteroatoms. The van der Waals surface area contributed by atoms with Crippen LogP contribution in [0.15, 0.2) is 64.9 Å². The van der Waals surface area contributed by atoms with Gasteiger partial charge in [0.15, 0.2) is 0 Å². The second kappa shape index (κ2) is 9.96. The van der Waals surface area contributed by atoms with Crippen molar-refractivity contribution >= 4 is 38.9 Å². The maximum atomic E-state index is 13.4. The van der Waals surface area contributed by atoms with Crippen molar-refractivity contribution < 1.29 is 22.7 Å². The van der Waals surface area contributed by atoms with Crippen molar-refractivity contribution in [2.45, 2.75) is 17.9 Å². The number of amides is 2. The minimum absolute atomic E-state index is 0.0238. The lowest BCUT2D eigenvalue weighted by molar-refractivity contribution is -0.116. The lowest BCUT2D eigenvalue weighted by Crippen LogP contribution is -2.38. The number of anilines is 1. The predicted octanol–water partition coefficient (Wildman–Crippen LogP) is 3.21. The molecule has 0 atom stereocenters. The average molecular weight is 500 g/mol. The number of likely N-dealkylation sites (N-methyl/N-ethyl adjacent to an activating group) is 1. The predicted molar refractivity (Wildman–Crippen MR) is 131 cm³/mol. The molecule has 1 aromatic heterocycles. The van der Waals surface area contributed by atoms with Crippen molar-refractivity contribution in [3.63, 3.8) is 0 Å². The molecule has 2 amide bonds. The number of thiophene rings is 1. The number of fused-ring (bicyclic) bond motifs is 1. The van der Waals surface area contributed by atoms with E-state index in [1.165, 1.54) is 22.3 Å². The van der Waals surface area contributed by atoms with Crippen molar-refractivity contribution in [2.75, 3.05) is 32.6 Å². The highest BCUT2D eigenvalue weighted by Gasteiger charge is 2.33. The molecule has 3 aromatic rings. The van der Waals surface area contributed by atoms with Gasteiger partial charge in [-0.05, 0) is 53.3 Å². The standard InChI is InChI=1S/C24H25N3O5S2/c1-26(16-22(28)25-19-7-9-20(32-2)10-8-19)24(29)23-21(12-14-33-23)34(30,31)27-13-11-17-5-3-4-6-18(17)15-27/h3-10,12,14H,11,13,15-16H2,1-2H3,(H,25,28). The van der Waals surface area contributed by atoms with Crippen LogP contribution in [0.2, 0.25) is 0 Å². The third-order valence-electron chi connectivity index (χ3n) is 5.64. The normalized spacial score (nSPS) is 13.7. The first-order valence-electron chi connectivity index (χ1n) is 10.6. The summed E-state index contributed by atoms with van der Waals surface area (Å²) < 4.78 is 33.3. The first-order valence-corrected chi connectivity index (χ1v) is 13.0. The molecule has 0 saturated carbocycles. The third-order valence-corrected chi connectivity index (χ3v) is 8.56. The number of hydrogen-bond acceptors (Lipinski definition) is 6. The zero-order chi connectivity index (χ0) is 24.3. The molecule has 1 aliphatic heterocycles. The van der Waals surface area contributed by atoms with E-state index in [4.69, 9.17) is 4.74 Å². The zero-order valence-electron chi connectivity index (χ0n) is 18.9. The summed E-state index contributed by atoms with van der Waals surface area (Å²) in [6.07, 6.45) is 0.619. The number of sulfonamides is 1. The van der Waals surface area contributed by atoms with Crippen LogP contribution < -0.4 is 10.1 Å². The molecular weight excluding hydrogens is 474 g/mol. The number of rotatable bonds is 7. The van der Waals surface area contributed by atoms with E-state index in [-0.39, 0.29) is 22.9 Å². The van der Waals surface area contributed by atoms with E-state index in [0.717, 1.165) is 22.5 Å². The summed E-state index contributed by atoms with van der Waals surface area (Å²) in [6, 6.07) is 16.0. The average Bonchev–Trinajstić information content (AvgIpc) is 3.34. The van der Waals surface area contributed by atoms with Crippen molar-refractivity contribution in [3.8, 4) is 5.75 Å². The molecule has 0 bridgehead atoms. The van der Waals surface area contributed by atoms with Crippen molar-refractivity contribution in [3.05, 3.63) is 76.0 Å². The van der Waals surface area contributed by atoms with Crippen molar-refractivity contribution in [1.29, 1.82) is 0 Å². The van der Waals surface area contributed by atoms with Gasteiger partial charge in [0.25, 0.3) is 5.91 Å². The fourth-order valence-corrected chi connectivity index (χ4v) is 6.61. The Morgan fingerprint density at radius 2 is 1.79 bits per heavy atom. The smallest absolute Gasteiger partial charge is 0.265 e. The van der Waals surface area contributed by atoms with Gasteiger partial charge in [-0.3, -0.25) is 9.59 Å². The summed E-state index contributed by atoms with van der Waals surface area (Å²) in [7, 11) is -0.842. The minimum Gasteiger partial charge on any atom is -0.497 e. The van der Waals surface area contributed by atoms with Crippen LogP contribution in [0.1, 0.15) is 20.8 Å². The van der Waals surface area contributed by atoms with E-state index in [9.17, 15) is 18.0 Å².